The Morgan fingerprint density at radius 3 is 2.67 bits per heavy atom. The number of hydrogen-bond donors (Lipinski definition) is 1. The molecule has 0 radical (unpaired) electrons. The highest BCUT2D eigenvalue weighted by Crippen LogP contribution is 2.39. The van der Waals surface area contributed by atoms with Crippen LogP contribution in [0.1, 0.15) is 38.7 Å². The number of carbonyl (C=O) groups is 1. The summed E-state index contributed by atoms with van der Waals surface area (Å²) >= 11 is 0. The number of carbonyl (C=O) groups excluding carboxylic acids is 1. The number of rotatable bonds is 5. The topological polar surface area (TPSA) is 62.2 Å². The second-order valence-corrected chi connectivity index (χ2v) is 6.38. The first-order valence-electron chi connectivity index (χ1n) is 8.75. The van der Waals surface area contributed by atoms with Gasteiger partial charge in [0.1, 0.15) is 0 Å². The van der Waals surface area contributed by atoms with Gasteiger partial charge in [-0.15, -0.1) is 0 Å². The molecule has 0 aromatic heterocycles. The predicted molar refractivity (Wildman–Crippen MR) is 91.4 cm³/mol. The van der Waals surface area contributed by atoms with E-state index in [1.54, 1.807) is 0 Å². The lowest BCUT2D eigenvalue weighted by atomic mass is 10.1. The van der Waals surface area contributed by atoms with Gasteiger partial charge >= 0.3 is 0 Å². The summed E-state index contributed by atoms with van der Waals surface area (Å²) in [4.78, 5) is 16.4. The van der Waals surface area contributed by atoms with Crippen molar-refractivity contribution in [1.82, 2.24) is 4.90 Å². The minimum atomic E-state index is -0.398. The second kappa shape index (κ2) is 7.30. The maximum Gasteiger partial charge on any atom is 0.231 e. The fourth-order valence-corrected chi connectivity index (χ4v) is 3.35. The number of nitrogens with zero attached hydrogens (tertiary/aromatic N) is 2. The largest absolute Gasteiger partial charge is 0.454 e. The molecule has 1 amide bonds. The molecule has 1 aromatic carbocycles. The Balaban J connectivity index is 1.95. The number of β-amino-alcohol motifs (C(OH)–C–C–N with tert-alkyl or cyclic N) is 1. The third-order valence-electron chi connectivity index (χ3n) is 4.66. The van der Waals surface area contributed by atoms with E-state index in [1.807, 2.05) is 24.0 Å². The first kappa shape index (κ1) is 16.9. The molecule has 24 heavy (non-hydrogen) atoms. The molecule has 1 N–H and O–H groups in total. The van der Waals surface area contributed by atoms with Crippen LogP contribution < -0.4 is 14.4 Å². The van der Waals surface area contributed by atoms with Gasteiger partial charge in [0.2, 0.25) is 12.7 Å². The lowest BCUT2D eigenvalue weighted by molar-refractivity contribution is -0.131. The van der Waals surface area contributed by atoms with Crippen molar-refractivity contribution in [3.63, 3.8) is 0 Å². The number of hydrogen-bond acceptors (Lipinski definition) is 5. The molecule has 0 aliphatic carbocycles. The van der Waals surface area contributed by atoms with Gasteiger partial charge in [-0.2, -0.15) is 0 Å². The van der Waals surface area contributed by atoms with Crippen LogP contribution in [-0.4, -0.2) is 48.4 Å². The van der Waals surface area contributed by atoms with Crippen molar-refractivity contribution in [2.75, 3.05) is 31.3 Å². The molecule has 1 aromatic rings. The van der Waals surface area contributed by atoms with Gasteiger partial charge < -0.3 is 24.4 Å². The molecular formula is C18H26N2O4. The molecular weight excluding hydrogens is 308 g/mol. The van der Waals surface area contributed by atoms with Crippen molar-refractivity contribution >= 4 is 11.6 Å². The molecule has 3 rings (SSSR count). The standard InChI is InChI=1S/C18H26N2O4/c1-3-5-14(21)11-20-7-6-18(22)19(4-2)10-13-8-16-17(9-15(13)20)24-12-23-16/h8-9,14,21H,3-7,10-12H2,1-2H3. The molecule has 6 nitrogen and oxygen atoms in total. The molecule has 0 bridgehead atoms. The van der Waals surface area contributed by atoms with Crippen molar-refractivity contribution in [3.05, 3.63) is 17.7 Å². The van der Waals surface area contributed by atoms with Gasteiger partial charge in [0, 0.05) is 44.4 Å². The average Bonchev–Trinajstić information content (AvgIpc) is 3.01. The summed E-state index contributed by atoms with van der Waals surface area (Å²) < 4.78 is 11.0. The van der Waals surface area contributed by atoms with Crippen LogP contribution in [0.2, 0.25) is 0 Å². The van der Waals surface area contributed by atoms with Crippen LogP contribution in [0.3, 0.4) is 0 Å². The lowest BCUT2D eigenvalue weighted by Crippen LogP contribution is -2.40. The highest BCUT2D eigenvalue weighted by Gasteiger charge is 2.26. The molecule has 0 fully saturated rings. The van der Waals surface area contributed by atoms with Crippen LogP contribution in [0, 0.1) is 0 Å². The molecule has 1 atom stereocenters. The third-order valence-corrected chi connectivity index (χ3v) is 4.66. The van der Waals surface area contributed by atoms with Crippen molar-refractivity contribution in [1.29, 1.82) is 0 Å². The van der Waals surface area contributed by atoms with Crippen molar-refractivity contribution in [2.24, 2.45) is 0 Å². The second-order valence-electron chi connectivity index (χ2n) is 6.38. The maximum atomic E-state index is 12.4. The van der Waals surface area contributed by atoms with Crippen molar-refractivity contribution in [2.45, 2.75) is 45.8 Å². The SMILES string of the molecule is CCCC(O)CN1CCC(=O)N(CC)Cc2cc3c(cc21)OCO3. The van der Waals surface area contributed by atoms with Gasteiger partial charge in [0.05, 0.1) is 6.10 Å². The van der Waals surface area contributed by atoms with E-state index in [1.165, 1.54) is 0 Å². The van der Waals surface area contributed by atoms with Gasteiger partial charge in [-0.25, -0.2) is 0 Å². The highest BCUT2D eigenvalue weighted by atomic mass is 16.7. The summed E-state index contributed by atoms with van der Waals surface area (Å²) in [5.41, 5.74) is 2.07. The van der Waals surface area contributed by atoms with E-state index in [4.69, 9.17) is 9.47 Å². The first-order valence-corrected chi connectivity index (χ1v) is 8.75. The number of ether oxygens (including phenoxy) is 2. The zero-order valence-corrected chi connectivity index (χ0v) is 14.5. The summed E-state index contributed by atoms with van der Waals surface area (Å²) in [6, 6.07) is 3.96. The molecule has 0 saturated carbocycles. The van der Waals surface area contributed by atoms with E-state index < -0.39 is 6.10 Å². The molecule has 0 spiro atoms. The zero-order chi connectivity index (χ0) is 17.1. The van der Waals surface area contributed by atoms with Gasteiger partial charge in [0.15, 0.2) is 11.5 Å². The first-order chi connectivity index (χ1) is 11.6. The minimum Gasteiger partial charge on any atom is -0.454 e. The summed E-state index contributed by atoms with van der Waals surface area (Å²) in [6.45, 7) is 6.66. The lowest BCUT2D eigenvalue weighted by Gasteiger charge is -2.34. The Hall–Kier alpha value is -1.95. The molecule has 1 unspecified atom stereocenters. The van der Waals surface area contributed by atoms with Gasteiger partial charge in [-0.3, -0.25) is 4.79 Å². The van der Waals surface area contributed by atoms with Gasteiger partial charge in [0.25, 0.3) is 0 Å². The van der Waals surface area contributed by atoms with Crippen LogP contribution in [0.15, 0.2) is 12.1 Å². The maximum absolute atomic E-state index is 12.4. The Labute approximate surface area is 143 Å². The van der Waals surface area contributed by atoms with E-state index in [-0.39, 0.29) is 12.7 Å². The number of aliphatic hydroxyl groups excluding tert-OH is 1. The molecule has 2 aliphatic rings. The van der Waals surface area contributed by atoms with E-state index in [9.17, 15) is 9.90 Å². The fraction of sp³-hybridized carbons (Fsp3) is 0.611. The normalized spacial score (nSPS) is 18.2. The fourth-order valence-electron chi connectivity index (χ4n) is 3.35. The number of anilines is 1. The summed E-state index contributed by atoms with van der Waals surface area (Å²) in [5.74, 6) is 1.61. The van der Waals surface area contributed by atoms with Crippen LogP contribution in [0.5, 0.6) is 11.5 Å². The number of amides is 1. The number of benzene rings is 1. The van der Waals surface area contributed by atoms with Gasteiger partial charge in [-0.05, 0) is 25.0 Å². The van der Waals surface area contributed by atoms with Gasteiger partial charge in [-0.1, -0.05) is 13.3 Å². The third kappa shape index (κ3) is 3.43. The van der Waals surface area contributed by atoms with Crippen LogP contribution in [-0.2, 0) is 11.3 Å². The van der Waals surface area contributed by atoms with Crippen molar-refractivity contribution in [3.8, 4) is 11.5 Å². The molecule has 2 heterocycles. The summed E-state index contributed by atoms with van der Waals surface area (Å²) in [7, 11) is 0. The Morgan fingerprint density at radius 1 is 1.21 bits per heavy atom. The zero-order valence-electron chi connectivity index (χ0n) is 14.5. The quantitative estimate of drug-likeness (QED) is 0.894. The Morgan fingerprint density at radius 2 is 1.96 bits per heavy atom. The van der Waals surface area contributed by atoms with E-state index >= 15 is 0 Å². The summed E-state index contributed by atoms with van der Waals surface area (Å²) in [5, 5.41) is 10.3. The Bertz CT molecular complexity index is 605. The van der Waals surface area contributed by atoms with E-state index in [0.717, 1.165) is 35.6 Å². The molecule has 0 saturated heterocycles. The minimum absolute atomic E-state index is 0.149. The predicted octanol–water partition coefficient (Wildman–Crippen LogP) is 2.13. The van der Waals surface area contributed by atoms with Crippen LogP contribution in [0.25, 0.3) is 0 Å². The van der Waals surface area contributed by atoms with Crippen molar-refractivity contribution < 1.29 is 19.4 Å². The molecule has 132 valence electrons. The number of fused-ring (bicyclic) bond motifs is 2. The Kier molecular flexibility index (Phi) is 5.14. The van der Waals surface area contributed by atoms with E-state index in [2.05, 4.69) is 11.8 Å². The van der Waals surface area contributed by atoms with Crippen LogP contribution in [0.4, 0.5) is 5.69 Å². The monoisotopic (exact) mass is 334 g/mol. The molecule has 6 heteroatoms. The average molecular weight is 334 g/mol. The smallest absolute Gasteiger partial charge is 0.231 e. The summed E-state index contributed by atoms with van der Waals surface area (Å²) in [6.07, 6.45) is 1.75. The highest BCUT2D eigenvalue weighted by molar-refractivity contribution is 5.78. The van der Waals surface area contributed by atoms with E-state index in [0.29, 0.717) is 32.6 Å². The van der Waals surface area contributed by atoms with Crippen LogP contribution >= 0.6 is 0 Å². The molecule has 2 aliphatic heterocycles. The number of aliphatic hydroxyl groups is 1.